The molecule has 0 aromatic heterocycles. The Balaban J connectivity index is 1.67. The Bertz CT molecular complexity index is 2160. The lowest BCUT2D eigenvalue weighted by atomic mass is 9.97. The quantitative estimate of drug-likeness (QED) is 0.0204. The summed E-state index contributed by atoms with van der Waals surface area (Å²) in [5, 5.41) is 87.6. The van der Waals surface area contributed by atoms with Crippen molar-refractivity contribution in [3.05, 3.63) is 134 Å². The molecule has 562 valence electrons. The minimum Gasteiger partial charge on any atom is -0.394 e. The Labute approximate surface area is 596 Å². The molecule has 14 heteroatoms. The summed E-state index contributed by atoms with van der Waals surface area (Å²) < 4.78 is 22.9. The van der Waals surface area contributed by atoms with E-state index < -0.39 is 86.8 Å². The molecule has 0 aromatic carbocycles. The van der Waals surface area contributed by atoms with E-state index in [9.17, 15) is 45.6 Å². The van der Waals surface area contributed by atoms with Crippen LogP contribution in [0.1, 0.15) is 296 Å². The Morgan fingerprint density at radius 2 is 0.704 bits per heavy atom. The van der Waals surface area contributed by atoms with Gasteiger partial charge in [-0.05, 0) is 96.3 Å². The molecule has 0 saturated carbocycles. The first-order valence-corrected chi connectivity index (χ1v) is 39.4. The molecule has 0 aromatic rings. The Kier molecular flexibility index (Phi) is 61.1. The van der Waals surface area contributed by atoms with E-state index in [0.717, 1.165) is 109 Å². The third-order valence-electron chi connectivity index (χ3n) is 18.3. The minimum absolute atomic E-state index is 0.243. The normalized spacial score (nSPS) is 22.8. The van der Waals surface area contributed by atoms with Crippen LogP contribution in [-0.2, 0) is 23.7 Å². The third-order valence-corrected chi connectivity index (χ3v) is 18.3. The number of amides is 1. The highest BCUT2D eigenvalue weighted by atomic mass is 16.7. The van der Waals surface area contributed by atoms with Gasteiger partial charge in [0.2, 0.25) is 5.91 Å². The average molecular weight is 1380 g/mol. The molecule has 98 heavy (non-hydrogen) atoms. The highest BCUT2D eigenvalue weighted by molar-refractivity contribution is 5.76. The van der Waals surface area contributed by atoms with Gasteiger partial charge >= 0.3 is 0 Å². The highest BCUT2D eigenvalue weighted by Gasteiger charge is 2.51. The number of aliphatic hydroxyl groups is 8. The maximum atomic E-state index is 13.4. The summed E-state index contributed by atoms with van der Waals surface area (Å²) in [4.78, 5) is 13.4. The van der Waals surface area contributed by atoms with Gasteiger partial charge in [0.1, 0.15) is 48.8 Å². The van der Waals surface area contributed by atoms with E-state index in [2.05, 4.69) is 141 Å². The summed E-state index contributed by atoms with van der Waals surface area (Å²) >= 11 is 0. The smallest absolute Gasteiger partial charge is 0.220 e. The van der Waals surface area contributed by atoms with Crippen molar-refractivity contribution >= 4 is 5.91 Å². The van der Waals surface area contributed by atoms with Gasteiger partial charge in [-0.3, -0.25) is 4.79 Å². The van der Waals surface area contributed by atoms with Crippen molar-refractivity contribution in [1.82, 2.24) is 5.32 Å². The van der Waals surface area contributed by atoms with Crippen LogP contribution < -0.4 is 5.32 Å². The molecule has 2 aliphatic rings. The molecule has 0 radical (unpaired) electrons. The monoisotopic (exact) mass is 1370 g/mol. The average Bonchev–Trinajstić information content (AvgIpc) is 0.797. The van der Waals surface area contributed by atoms with Gasteiger partial charge in [0.25, 0.3) is 0 Å². The molecule has 2 fully saturated rings. The topological polar surface area (TPSA) is 228 Å². The summed E-state index contributed by atoms with van der Waals surface area (Å²) in [6, 6.07) is -0.941. The lowest BCUT2D eigenvalue weighted by Crippen LogP contribution is -2.65. The summed E-state index contributed by atoms with van der Waals surface area (Å²) in [6.45, 7) is 2.69. The highest BCUT2D eigenvalue weighted by Crippen LogP contribution is 2.30. The van der Waals surface area contributed by atoms with Gasteiger partial charge in [-0.15, -0.1) is 0 Å². The van der Waals surface area contributed by atoms with Crippen LogP contribution in [0.2, 0.25) is 0 Å². The minimum atomic E-state index is -1.80. The molecule has 0 bridgehead atoms. The van der Waals surface area contributed by atoms with Crippen molar-refractivity contribution < 1.29 is 64.6 Å². The fourth-order valence-electron chi connectivity index (χ4n) is 12.1. The first-order valence-electron chi connectivity index (χ1n) is 39.4. The van der Waals surface area contributed by atoms with Gasteiger partial charge < -0.3 is 65.1 Å². The summed E-state index contributed by atoms with van der Waals surface area (Å²) in [5.41, 5.74) is 0. The maximum Gasteiger partial charge on any atom is 0.220 e. The zero-order valence-corrected chi connectivity index (χ0v) is 61.5. The van der Waals surface area contributed by atoms with E-state index in [1.54, 1.807) is 6.08 Å². The van der Waals surface area contributed by atoms with Crippen molar-refractivity contribution in [1.29, 1.82) is 0 Å². The molecule has 0 aliphatic carbocycles. The molecular weight excluding hydrogens is 1230 g/mol. The number of carbonyl (C=O) groups is 1. The summed E-state index contributed by atoms with van der Waals surface area (Å²) in [7, 11) is 0. The number of unbranched alkanes of at least 4 members (excludes halogenated alkanes) is 31. The van der Waals surface area contributed by atoms with E-state index >= 15 is 0 Å². The van der Waals surface area contributed by atoms with Crippen LogP contribution in [-0.4, -0.2) is 140 Å². The second-order valence-electron chi connectivity index (χ2n) is 27.1. The Morgan fingerprint density at radius 3 is 1.08 bits per heavy atom. The molecule has 14 nitrogen and oxygen atoms in total. The molecule has 2 heterocycles. The van der Waals surface area contributed by atoms with Crippen molar-refractivity contribution in [2.45, 2.75) is 370 Å². The van der Waals surface area contributed by atoms with Gasteiger partial charge in [0, 0.05) is 6.42 Å². The van der Waals surface area contributed by atoms with Gasteiger partial charge in [-0.25, -0.2) is 0 Å². The van der Waals surface area contributed by atoms with E-state index in [0.29, 0.717) is 6.42 Å². The zero-order valence-electron chi connectivity index (χ0n) is 61.5. The lowest BCUT2D eigenvalue weighted by Gasteiger charge is -2.46. The first-order chi connectivity index (χ1) is 48.1. The predicted molar refractivity (Wildman–Crippen MR) is 405 cm³/mol. The molecule has 1 amide bonds. The number of nitrogens with one attached hydrogen (secondary N) is 1. The number of allylic oxidation sites excluding steroid dienone is 21. The van der Waals surface area contributed by atoms with Crippen LogP contribution in [0.4, 0.5) is 0 Å². The molecule has 2 saturated heterocycles. The van der Waals surface area contributed by atoms with E-state index in [-0.39, 0.29) is 18.9 Å². The van der Waals surface area contributed by atoms with Crippen LogP contribution in [0.5, 0.6) is 0 Å². The van der Waals surface area contributed by atoms with E-state index in [1.165, 1.54) is 161 Å². The van der Waals surface area contributed by atoms with Crippen molar-refractivity contribution in [2.75, 3.05) is 19.8 Å². The van der Waals surface area contributed by atoms with Crippen LogP contribution in [0.3, 0.4) is 0 Å². The summed E-state index contributed by atoms with van der Waals surface area (Å²) in [5.74, 6) is -0.266. The molecule has 12 atom stereocenters. The van der Waals surface area contributed by atoms with Crippen LogP contribution in [0, 0.1) is 0 Å². The zero-order chi connectivity index (χ0) is 70.8. The standard InChI is InChI=1S/C84H143NO13/c1-3-5-7-9-11-13-15-17-19-21-23-25-27-29-31-33-34-35-36-37-38-40-42-44-46-48-50-52-54-56-58-60-62-64-66-68-76(89)85-72(71-95-83-81(94)79(92)82(75(70-87)97-83)98-84-80(93)78(91)77(90)74(69-86)96-84)73(88)67-65-63-61-59-57-55-53-51-49-47-45-43-41-39-32-30-28-26-24-22-20-18-16-14-12-10-8-6-4-2/h5,7,11,13,17,19,23,25,29,31,34-35,37-38,42,44,48,50,54,56,65,67,72-75,77-84,86-88,90-94H,3-4,6,8-10,12,14-16,18,20-22,24,26-28,30,32-33,36,39-41,43,45-47,49,51-53,55,57-64,66,68-71H2,1-2H3,(H,85,89)/b7-5-,13-11-,19-17-,25-23-,31-29-,35-34-,38-37-,44-42-,50-48-,56-54-,67-65+. The molecular formula is C84H143NO13. The molecule has 9 N–H and O–H groups in total. The van der Waals surface area contributed by atoms with Gasteiger partial charge in [-0.1, -0.05) is 327 Å². The van der Waals surface area contributed by atoms with Crippen LogP contribution >= 0.6 is 0 Å². The van der Waals surface area contributed by atoms with E-state index in [1.807, 2.05) is 6.08 Å². The second kappa shape index (κ2) is 66.4. The number of carbonyl (C=O) groups excluding carboxylic acids is 1. The maximum absolute atomic E-state index is 13.4. The Hall–Kier alpha value is -3.87. The molecule has 2 aliphatic heterocycles. The third kappa shape index (κ3) is 48.9. The second-order valence-corrected chi connectivity index (χ2v) is 27.1. The van der Waals surface area contributed by atoms with Gasteiger partial charge in [-0.2, -0.15) is 0 Å². The first kappa shape index (κ1) is 90.2. The fourth-order valence-corrected chi connectivity index (χ4v) is 12.1. The number of aliphatic hydroxyl groups excluding tert-OH is 8. The number of hydrogen-bond donors (Lipinski definition) is 9. The number of rotatable bonds is 64. The molecule has 12 unspecified atom stereocenters. The van der Waals surface area contributed by atoms with Crippen LogP contribution in [0.15, 0.2) is 134 Å². The van der Waals surface area contributed by atoms with E-state index in [4.69, 9.17) is 18.9 Å². The van der Waals surface area contributed by atoms with Crippen molar-refractivity contribution in [3.63, 3.8) is 0 Å². The lowest BCUT2D eigenvalue weighted by molar-refractivity contribution is -0.359. The largest absolute Gasteiger partial charge is 0.394 e. The SMILES string of the molecule is CC/C=C\C/C=C\C/C=C\C/C=C\C/C=C\C/C=C\C/C=C\C/C=C\C/C=C\C/C=C\CCCCCCC(=O)NC(COC1OC(CO)C(OC2OC(CO)C(O)C(O)C2O)C(O)C1O)C(O)/C=C/CCCCCCCCCCCCCCCCCCCCCCCCCCCCC. The fraction of sp³-hybridized carbons (Fsp3) is 0.726. The summed E-state index contributed by atoms with van der Waals surface area (Å²) in [6.07, 6.45) is 82.3. The van der Waals surface area contributed by atoms with Gasteiger partial charge in [0.15, 0.2) is 12.6 Å². The van der Waals surface area contributed by atoms with Gasteiger partial charge in [0.05, 0.1) is 32.0 Å². The van der Waals surface area contributed by atoms with Crippen molar-refractivity contribution in [2.24, 2.45) is 0 Å². The number of ether oxygens (including phenoxy) is 4. The Morgan fingerprint density at radius 1 is 0.378 bits per heavy atom. The predicted octanol–water partition coefficient (Wildman–Crippen LogP) is 17.8. The molecule has 0 spiro atoms. The molecule has 2 rings (SSSR count). The number of hydrogen-bond acceptors (Lipinski definition) is 13. The van der Waals surface area contributed by atoms with Crippen molar-refractivity contribution in [3.8, 4) is 0 Å². The van der Waals surface area contributed by atoms with Crippen LogP contribution in [0.25, 0.3) is 0 Å².